The molecule has 0 aliphatic carbocycles. The average molecular weight is 317 g/mol. The number of benzene rings is 1. The largest absolute Gasteiger partial charge is 0.390 e. The van der Waals surface area contributed by atoms with Crippen molar-refractivity contribution in [3.05, 3.63) is 41.8 Å². The van der Waals surface area contributed by atoms with Crippen LogP contribution in [0, 0.1) is 11.7 Å². The average Bonchev–Trinajstić information content (AvgIpc) is 2.99. The lowest BCUT2D eigenvalue weighted by molar-refractivity contribution is -0.0439. The number of piperidine rings is 1. The van der Waals surface area contributed by atoms with E-state index >= 15 is 0 Å². The second kappa shape index (κ2) is 5.77. The van der Waals surface area contributed by atoms with Crippen LogP contribution in [0.5, 0.6) is 0 Å². The van der Waals surface area contributed by atoms with Gasteiger partial charge in [-0.15, -0.1) is 0 Å². The second-order valence-electron chi connectivity index (χ2n) is 6.43. The van der Waals surface area contributed by atoms with Gasteiger partial charge in [0.1, 0.15) is 5.82 Å². The SMILES string of the molecule is CC1CN(C(=O)c2cn[nH]c2-c2cccc(F)c2)CC[C@]1(C)O. The first-order chi connectivity index (χ1) is 10.9. The molecule has 2 atom stereocenters. The van der Waals surface area contributed by atoms with Crippen molar-refractivity contribution in [3.63, 3.8) is 0 Å². The predicted octanol–water partition coefficient (Wildman–Crippen LogP) is 2.45. The minimum Gasteiger partial charge on any atom is -0.390 e. The summed E-state index contributed by atoms with van der Waals surface area (Å²) in [5.41, 5.74) is 0.769. The molecule has 5 nitrogen and oxygen atoms in total. The van der Waals surface area contributed by atoms with Crippen LogP contribution in [0.2, 0.25) is 0 Å². The Balaban J connectivity index is 1.86. The van der Waals surface area contributed by atoms with Gasteiger partial charge in [0.2, 0.25) is 0 Å². The zero-order chi connectivity index (χ0) is 16.6. The maximum absolute atomic E-state index is 13.4. The molecule has 2 aromatic rings. The second-order valence-corrected chi connectivity index (χ2v) is 6.43. The molecular weight excluding hydrogens is 297 g/mol. The monoisotopic (exact) mass is 317 g/mol. The number of aliphatic hydroxyl groups is 1. The predicted molar refractivity (Wildman–Crippen MR) is 84.3 cm³/mol. The molecule has 0 radical (unpaired) electrons. The van der Waals surface area contributed by atoms with Crippen molar-refractivity contribution in [2.45, 2.75) is 25.9 Å². The molecular formula is C17H20FN3O2. The van der Waals surface area contributed by atoms with Gasteiger partial charge in [0.25, 0.3) is 5.91 Å². The van der Waals surface area contributed by atoms with E-state index < -0.39 is 5.60 Å². The number of H-pyrrole nitrogens is 1. The van der Waals surface area contributed by atoms with Gasteiger partial charge < -0.3 is 10.0 Å². The van der Waals surface area contributed by atoms with E-state index in [1.54, 1.807) is 24.0 Å². The summed E-state index contributed by atoms with van der Waals surface area (Å²) in [6, 6.07) is 6.06. The fraction of sp³-hybridized carbons (Fsp3) is 0.412. The summed E-state index contributed by atoms with van der Waals surface area (Å²) in [4.78, 5) is 14.5. The highest BCUT2D eigenvalue weighted by Crippen LogP contribution is 2.29. The van der Waals surface area contributed by atoms with Gasteiger partial charge >= 0.3 is 0 Å². The van der Waals surface area contributed by atoms with E-state index in [2.05, 4.69) is 10.2 Å². The molecule has 1 aromatic heterocycles. The van der Waals surface area contributed by atoms with Crippen LogP contribution in [0.25, 0.3) is 11.3 Å². The van der Waals surface area contributed by atoms with Crippen LogP contribution >= 0.6 is 0 Å². The molecule has 1 aliphatic heterocycles. The van der Waals surface area contributed by atoms with E-state index in [1.807, 2.05) is 6.92 Å². The van der Waals surface area contributed by atoms with E-state index in [4.69, 9.17) is 0 Å². The van der Waals surface area contributed by atoms with Gasteiger partial charge in [-0.2, -0.15) is 5.10 Å². The molecule has 1 aliphatic rings. The third kappa shape index (κ3) is 2.99. The van der Waals surface area contributed by atoms with Gasteiger partial charge in [0.05, 0.1) is 23.1 Å². The van der Waals surface area contributed by atoms with Crippen molar-refractivity contribution in [1.82, 2.24) is 15.1 Å². The molecule has 2 N–H and O–H groups in total. The lowest BCUT2D eigenvalue weighted by Crippen LogP contribution is -2.50. The van der Waals surface area contributed by atoms with Gasteiger partial charge in [-0.25, -0.2) is 4.39 Å². The van der Waals surface area contributed by atoms with Crippen LogP contribution < -0.4 is 0 Å². The maximum Gasteiger partial charge on any atom is 0.257 e. The Kier molecular flexibility index (Phi) is 3.93. The van der Waals surface area contributed by atoms with Crippen LogP contribution in [0.3, 0.4) is 0 Å². The quantitative estimate of drug-likeness (QED) is 0.894. The highest BCUT2D eigenvalue weighted by molar-refractivity contribution is 5.99. The van der Waals surface area contributed by atoms with Crippen molar-refractivity contribution in [3.8, 4) is 11.3 Å². The molecule has 0 spiro atoms. The molecule has 1 amide bonds. The molecule has 122 valence electrons. The highest BCUT2D eigenvalue weighted by Gasteiger charge is 2.37. The smallest absolute Gasteiger partial charge is 0.257 e. The molecule has 2 heterocycles. The fourth-order valence-electron chi connectivity index (χ4n) is 2.89. The molecule has 1 fully saturated rings. The third-order valence-corrected chi connectivity index (χ3v) is 4.71. The van der Waals surface area contributed by atoms with Crippen molar-refractivity contribution in [2.75, 3.05) is 13.1 Å². The summed E-state index contributed by atoms with van der Waals surface area (Å²) in [6.07, 6.45) is 2.01. The lowest BCUT2D eigenvalue weighted by atomic mass is 9.83. The topological polar surface area (TPSA) is 69.2 Å². The van der Waals surface area contributed by atoms with Gasteiger partial charge in [0, 0.05) is 24.6 Å². The number of nitrogens with one attached hydrogen (secondary N) is 1. The van der Waals surface area contributed by atoms with Crippen LogP contribution in [0.15, 0.2) is 30.5 Å². The number of carbonyl (C=O) groups is 1. The first-order valence-corrected chi connectivity index (χ1v) is 7.69. The van der Waals surface area contributed by atoms with E-state index in [-0.39, 0.29) is 17.6 Å². The summed E-state index contributed by atoms with van der Waals surface area (Å²) >= 11 is 0. The van der Waals surface area contributed by atoms with E-state index in [1.165, 1.54) is 18.3 Å². The summed E-state index contributed by atoms with van der Waals surface area (Å²) in [7, 11) is 0. The van der Waals surface area contributed by atoms with Crippen molar-refractivity contribution >= 4 is 5.91 Å². The van der Waals surface area contributed by atoms with Crippen LogP contribution in [0.1, 0.15) is 30.6 Å². The van der Waals surface area contributed by atoms with Crippen molar-refractivity contribution < 1.29 is 14.3 Å². The molecule has 3 rings (SSSR count). The number of carbonyl (C=O) groups excluding carboxylic acids is 1. The minimum absolute atomic E-state index is 0.00952. The molecule has 1 unspecified atom stereocenters. The minimum atomic E-state index is -0.751. The zero-order valence-electron chi connectivity index (χ0n) is 13.2. The van der Waals surface area contributed by atoms with Gasteiger partial charge in [-0.1, -0.05) is 19.1 Å². The van der Waals surface area contributed by atoms with E-state index in [0.29, 0.717) is 36.3 Å². The molecule has 1 saturated heterocycles. The summed E-state index contributed by atoms with van der Waals surface area (Å²) < 4.78 is 13.4. The number of hydrogen-bond donors (Lipinski definition) is 2. The normalized spacial score (nSPS) is 24.7. The Bertz CT molecular complexity index is 726. The number of aromatic amines is 1. The number of hydrogen-bond acceptors (Lipinski definition) is 3. The Labute approximate surface area is 134 Å². The summed E-state index contributed by atoms with van der Waals surface area (Å²) in [5.74, 6) is -0.525. The highest BCUT2D eigenvalue weighted by atomic mass is 19.1. The van der Waals surface area contributed by atoms with Gasteiger partial charge in [-0.3, -0.25) is 9.89 Å². The number of nitrogens with zero attached hydrogens (tertiary/aromatic N) is 2. The van der Waals surface area contributed by atoms with Gasteiger partial charge in [0.15, 0.2) is 0 Å². The number of likely N-dealkylation sites (tertiary alicyclic amines) is 1. The summed E-state index contributed by atoms with van der Waals surface area (Å²) in [5, 5.41) is 17.0. The molecule has 23 heavy (non-hydrogen) atoms. The lowest BCUT2D eigenvalue weighted by Gasteiger charge is -2.41. The van der Waals surface area contributed by atoms with E-state index in [0.717, 1.165) is 0 Å². The number of aromatic nitrogens is 2. The Morgan fingerprint density at radius 3 is 3.00 bits per heavy atom. The molecule has 1 aromatic carbocycles. The fourth-order valence-corrected chi connectivity index (χ4v) is 2.89. The van der Waals surface area contributed by atoms with Crippen LogP contribution in [-0.4, -0.2) is 44.8 Å². The number of amides is 1. The summed E-state index contributed by atoms with van der Waals surface area (Å²) in [6.45, 7) is 4.71. The maximum atomic E-state index is 13.4. The molecule has 0 saturated carbocycles. The number of halogens is 1. The Morgan fingerprint density at radius 1 is 1.52 bits per heavy atom. The Hall–Kier alpha value is -2.21. The van der Waals surface area contributed by atoms with Crippen molar-refractivity contribution in [2.24, 2.45) is 5.92 Å². The van der Waals surface area contributed by atoms with Crippen molar-refractivity contribution in [1.29, 1.82) is 0 Å². The van der Waals surface area contributed by atoms with Crippen LogP contribution in [-0.2, 0) is 0 Å². The first-order valence-electron chi connectivity index (χ1n) is 7.69. The number of rotatable bonds is 2. The third-order valence-electron chi connectivity index (χ3n) is 4.71. The van der Waals surface area contributed by atoms with Gasteiger partial charge in [-0.05, 0) is 25.5 Å². The molecule has 6 heteroatoms. The first kappa shape index (κ1) is 15.7. The molecule has 0 bridgehead atoms. The zero-order valence-corrected chi connectivity index (χ0v) is 13.2. The standard InChI is InChI=1S/C17H20FN3O2/c1-11-10-21(7-6-17(11,2)23)16(22)14-9-19-20-15(14)12-4-3-5-13(18)8-12/h3-5,8-9,11,23H,6-7,10H2,1-2H3,(H,19,20)/t11?,17-/m0/s1. The van der Waals surface area contributed by atoms with Crippen LogP contribution in [0.4, 0.5) is 4.39 Å². The van der Waals surface area contributed by atoms with E-state index in [9.17, 15) is 14.3 Å². The Morgan fingerprint density at radius 2 is 2.30 bits per heavy atom.